The van der Waals surface area contributed by atoms with Gasteiger partial charge >= 0.3 is 0 Å². The average Bonchev–Trinajstić information content (AvgIpc) is 3.07. The van der Waals surface area contributed by atoms with Crippen molar-refractivity contribution < 1.29 is 8.42 Å². The Morgan fingerprint density at radius 2 is 1.87 bits per heavy atom. The van der Waals surface area contributed by atoms with Gasteiger partial charge in [0.2, 0.25) is 10.0 Å². The second-order valence-electron chi connectivity index (χ2n) is 5.09. The van der Waals surface area contributed by atoms with Crippen LogP contribution in [0.2, 0.25) is 0 Å². The van der Waals surface area contributed by atoms with Gasteiger partial charge in [-0.05, 0) is 30.7 Å². The van der Waals surface area contributed by atoms with E-state index in [1.165, 1.54) is 17.1 Å². The van der Waals surface area contributed by atoms with Gasteiger partial charge in [-0.1, -0.05) is 24.3 Å². The molecule has 0 bridgehead atoms. The number of nitrogens with zero attached hydrogens (tertiary/aromatic N) is 3. The summed E-state index contributed by atoms with van der Waals surface area (Å²) < 4.78 is 29.1. The molecule has 23 heavy (non-hydrogen) atoms. The Balaban J connectivity index is 1.82. The molecule has 0 aliphatic rings. The smallest absolute Gasteiger partial charge is 0.244 e. The van der Waals surface area contributed by atoms with Crippen molar-refractivity contribution in [3.8, 4) is 5.69 Å². The molecule has 0 aliphatic heterocycles. The Morgan fingerprint density at radius 1 is 1.09 bits per heavy atom. The molecule has 7 heteroatoms. The molecule has 1 atom stereocenters. The molecule has 0 saturated heterocycles. The minimum absolute atomic E-state index is 0.122. The number of rotatable bonds is 5. The van der Waals surface area contributed by atoms with E-state index in [4.69, 9.17) is 0 Å². The van der Waals surface area contributed by atoms with Crippen LogP contribution in [0.15, 0.2) is 72.1 Å². The average molecular weight is 328 g/mol. The van der Waals surface area contributed by atoms with Crippen LogP contribution in [0.4, 0.5) is 0 Å². The Labute approximate surface area is 134 Å². The number of nitrogens with one attached hydrogen (secondary N) is 1. The molecule has 0 saturated carbocycles. The van der Waals surface area contributed by atoms with Gasteiger partial charge in [-0.2, -0.15) is 5.10 Å². The first-order valence-corrected chi connectivity index (χ1v) is 8.57. The van der Waals surface area contributed by atoms with Crippen molar-refractivity contribution in [3.05, 3.63) is 72.8 Å². The van der Waals surface area contributed by atoms with Gasteiger partial charge in [0.05, 0.1) is 18.1 Å². The maximum Gasteiger partial charge on any atom is 0.244 e. The van der Waals surface area contributed by atoms with Crippen LogP contribution >= 0.6 is 0 Å². The van der Waals surface area contributed by atoms with Crippen molar-refractivity contribution in [1.82, 2.24) is 19.5 Å². The molecule has 2 heterocycles. The Morgan fingerprint density at radius 3 is 2.57 bits per heavy atom. The van der Waals surface area contributed by atoms with Crippen molar-refractivity contribution >= 4 is 10.0 Å². The number of hydrogen-bond acceptors (Lipinski definition) is 4. The molecule has 1 aromatic carbocycles. The van der Waals surface area contributed by atoms with E-state index in [0.717, 1.165) is 11.3 Å². The fourth-order valence-electron chi connectivity index (χ4n) is 2.17. The highest BCUT2D eigenvalue weighted by atomic mass is 32.2. The van der Waals surface area contributed by atoms with Crippen LogP contribution in [0.5, 0.6) is 0 Å². The molecule has 0 aliphatic carbocycles. The van der Waals surface area contributed by atoms with Crippen LogP contribution in [0, 0.1) is 0 Å². The molecule has 0 amide bonds. The number of hydrogen-bond donors (Lipinski definition) is 1. The van der Waals surface area contributed by atoms with Gasteiger partial charge in [0.15, 0.2) is 0 Å². The van der Waals surface area contributed by atoms with Gasteiger partial charge in [-0.15, -0.1) is 0 Å². The van der Waals surface area contributed by atoms with E-state index in [-0.39, 0.29) is 10.9 Å². The van der Waals surface area contributed by atoms with Crippen LogP contribution in [-0.4, -0.2) is 23.2 Å². The van der Waals surface area contributed by atoms with E-state index in [9.17, 15) is 8.42 Å². The molecule has 6 nitrogen and oxygen atoms in total. The van der Waals surface area contributed by atoms with Gasteiger partial charge < -0.3 is 0 Å². The molecule has 0 unspecified atom stereocenters. The lowest BCUT2D eigenvalue weighted by atomic mass is 10.2. The highest BCUT2D eigenvalue weighted by Crippen LogP contribution is 2.17. The normalized spacial score (nSPS) is 12.9. The summed E-state index contributed by atoms with van der Waals surface area (Å²) in [5.74, 6) is 0. The summed E-state index contributed by atoms with van der Waals surface area (Å²) in [7, 11) is -3.66. The SMILES string of the molecule is C[C@@H](NS(=O)(=O)c1cnn(-c2ccccc2)c1)c1cccnc1. The second-order valence-corrected chi connectivity index (χ2v) is 6.80. The zero-order valence-electron chi connectivity index (χ0n) is 12.5. The molecule has 2 aromatic heterocycles. The first kappa shape index (κ1) is 15.4. The van der Waals surface area contributed by atoms with E-state index in [1.54, 1.807) is 25.4 Å². The van der Waals surface area contributed by atoms with Gasteiger partial charge in [-0.3, -0.25) is 4.98 Å². The zero-order valence-corrected chi connectivity index (χ0v) is 13.3. The lowest BCUT2D eigenvalue weighted by Gasteiger charge is -2.13. The molecule has 0 fully saturated rings. The van der Waals surface area contributed by atoms with Crippen LogP contribution in [0.25, 0.3) is 5.69 Å². The van der Waals surface area contributed by atoms with Gasteiger partial charge in [0.25, 0.3) is 0 Å². The van der Waals surface area contributed by atoms with Crippen molar-refractivity contribution in [2.45, 2.75) is 17.9 Å². The van der Waals surface area contributed by atoms with Crippen molar-refractivity contribution in [2.75, 3.05) is 0 Å². The third-order valence-electron chi connectivity index (χ3n) is 3.41. The van der Waals surface area contributed by atoms with Crippen LogP contribution in [0.3, 0.4) is 0 Å². The maximum absolute atomic E-state index is 12.5. The predicted molar refractivity (Wildman–Crippen MR) is 86.5 cm³/mol. The summed E-state index contributed by atoms with van der Waals surface area (Å²) in [5, 5.41) is 4.12. The molecule has 1 N–H and O–H groups in total. The van der Waals surface area contributed by atoms with Crippen molar-refractivity contribution in [2.24, 2.45) is 0 Å². The fraction of sp³-hybridized carbons (Fsp3) is 0.125. The van der Waals surface area contributed by atoms with E-state index in [0.29, 0.717) is 0 Å². The van der Waals surface area contributed by atoms with Crippen LogP contribution < -0.4 is 4.72 Å². The number of sulfonamides is 1. The first-order valence-electron chi connectivity index (χ1n) is 7.08. The maximum atomic E-state index is 12.5. The van der Waals surface area contributed by atoms with E-state index in [2.05, 4.69) is 14.8 Å². The summed E-state index contributed by atoms with van der Waals surface area (Å²) >= 11 is 0. The molecular formula is C16H16N4O2S. The van der Waals surface area contributed by atoms with Gasteiger partial charge in [-0.25, -0.2) is 17.8 Å². The summed E-state index contributed by atoms with van der Waals surface area (Å²) in [6, 6.07) is 12.6. The molecule has 0 spiro atoms. The minimum Gasteiger partial charge on any atom is -0.264 e. The van der Waals surface area contributed by atoms with Gasteiger partial charge in [0, 0.05) is 18.4 Å². The predicted octanol–water partition coefficient (Wildman–Crippen LogP) is 2.31. The van der Waals surface area contributed by atoms with Gasteiger partial charge in [0.1, 0.15) is 4.90 Å². The lowest BCUT2D eigenvalue weighted by Crippen LogP contribution is -2.26. The highest BCUT2D eigenvalue weighted by Gasteiger charge is 2.20. The Kier molecular flexibility index (Phi) is 4.22. The number of pyridine rings is 1. The van der Waals surface area contributed by atoms with E-state index in [1.807, 2.05) is 36.4 Å². The first-order chi connectivity index (χ1) is 11.1. The van der Waals surface area contributed by atoms with Crippen molar-refractivity contribution in [1.29, 1.82) is 0 Å². The minimum atomic E-state index is -3.66. The molecule has 3 aromatic rings. The largest absolute Gasteiger partial charge is 0.264 e. The third-order valence-corrected chi connectivity index (χ3v) is 4.90. The summed E-state index contributed by atoms with van der Waals surface area (Å²) in [6.45, 7) is 1.77. The Bertz CT molecular complexity index is 877. The topological polar surface area (TPSA) is 76.9 Å². The summed E-state index contributed by atoms with van der Waals surface area (Å²) in [6.07, 6.45) is 6.12. The number of benzene rings is 1. The second kappa shape index (κ2) is 6.31. The fourth-order valence-corrected chi connectivity index (χ4v) is 3.33. The van der Waals surface area contributed by atoms with Crippen LogP contribution in [-0.2, 0) is 10.0 Å². The van der Waals surface area contributed by atoms with E-state index < -0.39 is 10.0 Å². The molecule has 3 rings (SSSR count). The van der Waals surface area contributed by atoms with E-state index >= 15 is 0 Å². The van der Waals surface area contributed by atoms with Crippen molar-refractivity contribution in [3.63, 3.8) is 0 Å². The molecular weight excluding hydrogens is 312 g/mol. The third kappa shape index (κ3) is 3.46. The quantitative estimate of drug-likeness (QED) is 0.780. The molecule has 118 valence electrons. The summed E-state index contributed by atoms with van der Waals surface area (Å²) in [5.41, 5.74) is 1.60. The standard InChI is InChI=1S/C16H16N4O2S/c1-13(14-6-5-9-17-10-14)19-23(21,22)16-11-18-20(12-16)15-7-3-2-4-8-15/h2-13,19H,1H3/t13-/m1/s1. The van der Waals surface area contributed by atoms with Crippen LogP contribution in [0.1, 0.15) is 18.5 Å². The lowest BCUT2D eigenvalue weighted by molar-refractivity contribution is 0.566. The zero-order chi connectivity index (χ0) is 16.3. The molecule has 0 radical (unpaired) electrons. The summed E-state index contributed by atoms with van der Waals surface area (Å²) in [4.78, 5) is 4.12. The Hall–Kier alpha value is -2.51. The number of para-hydroxylation sites is 1. The highest BCUT2D eigenvalue weighted by molar-refractivity contribution is 7.89. The monoisotopic (exact) mass is 328 g/mol. The number of aromatic nitrogens is 3.